The van der Waals surface area contributed by atoms with Crippen LogP contribution in [0.2, 0.25) is 0 Å². The lowest BCUT2D eigenvalue weighted by atomic mass is 9.98. The van der Waals surface area contributed by atoms with Gasteiger partial charge in [-0.25, -0.2) is 4.79 Å². The topological polar surface area (TPSA) is 120 Å². The molecule has 2 heterocycles. The fourth-order valence-electron chi connectivity index (χ4n) is 4.36. The van der Waals surface area contributed by atoms with Gasteiger partial charge in [0.2, 0.25) is 0 Å². The predicted octanol–water partition coefficient (Wildman–Crippen LogP) is 3.28. The number of H-pyrrole nitrogens is 1. The fourth-order valence-corrected chi connectivity index (χ4v) is 4.36. The number of amides is 1. The number of ether oxygens (including phenoxy) is 1. The third kappa shape index (κ3) is 4.18. The van der Waals surface area contributed by atoms with Gasteiger partial charge in [0.05, 0.1) is 17.8 Å². The van der Waals surface area contributed by atoms with Gasteiger partial charge in [-0.05, 0) is 34.7 Å². The first-order valence-corrected chi connectivity index (χ1v) is 10.9. The normalized spacial score (nSPS) is 14.5. The lowest BCUT2D eigenvalue weighted by molar-refractivity contribution is 0.0135. The molecule has 8 heteroatoms. The molecule has 2 aromatic heterocycles. The quantitative estimate of drug-likeness (QED) is 0.347. The van der Waals surface area contributed by atoms with E-state index in [2.05, 4.69) is 44.8 Å². The number of nitrogens with one attached hydrogen (secondary N) is 2. The molecule has 2 aromatic carbocycles. The van der Waals surface area contributed by atoms with Crippen molar-refractivity contribution in [3.05, 3.63) is 83.7 Å². The molecule has 0 fully saturated rings. The minimum atomic E-state index is -1.13. The Hall–Kier alpha value is -3.75. The number of aliphatic hydroxyl groups is 2. The number of rotatable bonds is 7. The third-order valence-corrected chi connectivity index (χ3v) is 6.07. The molecule has 1 aliphatic rings. The van der Waals surface area contributed by atoms with Crippen molar-refractivity contribution < 1.29 is 19.7 Å². The average Bonchev–Trinajstić information content (AvgIpc) is 3.44. The van der Waals surface area contributed by atoms with E-state index in [1.165, 1.54) is 17.3 Å². The van der Waals surface area contributed by atoms with Crippen LogP contribution in [0, 0.1) is 0 Å². The van der Waals surface area contributed by atoms with E-state index < -0.39 is 18.3 Å². The van der Waals surface area contributed by atoms with Crippen LogP contribution >= 0.6 is 0 Å². The van der Waals surface area contributed by atoms with Crippen LogP contribution in [0.5, 0.6) is 0 Å². The molecule has 1 aliphatic carbocycles. The summed E-state index contributed by atoms with van der Waals surface area (Å²) >= 11 is 0. The number of hydrogen-bond acceptors (Lipinski definition) is 6. The monoisotopic (exact) mass is 444 g/mol. The molecular weight excluding hydrogens is 420 g/mol. The minimum absolute atomic E-state index is 0.0135. The van der Waals surface area contributed by atoms with E-state index in [0.717, 1.165) is 11.1 Å². The standard InChI is InChI=1S/C25H24N4O4/c30-23(24(31)15-11-21-22(27-12-15)13-28-29-21)9-10-26-25(32)33-14-20-18-7-3-1-5-16(18)17-6-2-4-8-19(17)20/h1-8,11-13,20,23-24,30-31H,9-10,14H2,(H,26,32)(H,28,29). The predicted molar refractivity (Wildman–Crippen MR) is 123 cm³/mol. The number of hydrogen-bond donors (Lipinski definition) is 4. The Labute approximate surface area is 190 Å². The van der Waals surface area contributed by atoms with E-state index in [9.17, 15) is 15.0 Å². The Morgan fingerprint density at radius 3 is 2.48 bits per heavy atom. The molecule has 8 nitrogen and oxygen atoms in total. The van der Waals surface area contributed by atoms with E-state index in [0.29, 0.717) is 16.6 Å². The van der Waals surface area contributed by atoms with Crippen molar-refractivity contribution in [1.82, 2.24) is 20.5 Å². The number of pyridine rings is 1. The van der Waals surface area contributed by atoms with Gasteiger partial charge >= 0.3 is 6.09 Å². The maximum Gasteiger partial charge on any atom is 0.407 e. The molecular formula is C25H24N4O4. The summed E-state index contributed by atoms with van der Waals surface area (Å²) in [5.74, 6) is -0.0135. The zero-order chi connectivity index (χ0) is 22.8. The number of aromatic amines is 1. The number of aromatic nitrogens is 3. The zero-order valence-electron chi connectivity index (χ0n) is 17.8. The molecule has 0 aliphatic heterocycles. The third-order valence-electron chi connectivity index (χ3n) is 6.07. The van der Waals surface area contributed by atoms with Crippen LogP contribution in [0.3, 0.4) is 0 Å². The maximum atomic E-state index is 12.3. The van der Waals surface area contributed by atoms with E-state index >= 15 is 0 Å². The van der Waals surface area contributed by atoms with Gasteiger partial charge in [-0.15, -0.1) is 0 Å². The summed E-state index contributed by atoms with van der Waals surface area (Å²) in [6.07, 6.45) is 0.492. The second kappa shape index (κ2) is 9.01. The summed E-state index contributed by atoms with van der Waals surface area (Å²) in [4.78, 5) is 16.5. The van der Waals surface area contributed by atoms with Gasteiger partial charge in [0.25, 0.3) is 0 Å². The molecule has 4 N–H and O–H groups in total. The Kier molecular flexibility index (Phi) is 5.77. The van der Waals surface area contributed by atoms with Crippen molar-refractivity contribution in [3.8, 4) is 11.1 Å². The average molecular weight is 444 g/mol. The Morgan fingerprint density at radius 2 is 1.76 bits per heavy atom. The Bertz CT molecular complexity index is 1240. The number of alkyl carbamates (subject to hydrolysis) is 1. The van der Waals surface area contributed by atoms with Crippen LogP contribution < -0.4 is 5.32 Å². The van der Waals surface area contributed by atoms with Crippen molar-refractivity contribution in [3.63, 3.8) is 0 Å². The highest BCUT2D eigenvalue weighted by Gasteiger charge is 2.29. The number of benzene rings is 2. The molecule has 2 atom stereocenters. The molecule has 0 saturated carbocycles. The highest BCUT2D eigenvalue weighted by Crippen LogP contribution is 2.44. The first-order chi connectivity index (χ1) is 16.1. The number of fused-ring (bicyclic) bond motifs is 4. The molecule has 0 radical (unpaired) electrons. The van der Waals surface area contributed by atoms with Crippen molar-refractivity contribution in [2.45, 2.75) is 24.5 Å². The molecule has 168 valence electrons. The van der Waals surface area contributed by atoms with Crippen LogP contribution in [-0.2, 0) is 4.74 Å². The number of nitrogens with zero attached hydrogens (tertiary/aromatic N) is 2. The minimum Gasteiger partial charge on any atom is -0.449 e. The van der Waals surface area contributed by atoms with Crippen molar-refractivity contribution in [2.24, 2.45) is 0 Å². The Balaban J connectivity index is 1.13. The van der Waals surface area contributed by atoms with Gasteiger partial charge in [-0.2, -0.15) is 5.10 Å². The molecule has 0 bridgehead atoms. The van der Waals surface area contributed by atoms with Crippen LogP contribution in [0.25, 0.3) is 22.2 Å². The number of carbonyl (C=O) groups is 1. The second-order valence-corrected chi connectivity index (χ2v) is 8.12. The van der Waals surface area contributed by atoms with E-state index in [1.807, 2.05) is 24.3 Å². The van der Waals surface area contributed by atoms with Crippen molar-refractivity contribution in [2.75, 3.05) is 13.2 Å². The molecule has 4 aromatic rings. The van der Waals surface area contributed by atoms with E-state index in [1.54, 1.807) is 12.3 Å². The summed E-state index contributed by atoms with van der Waals surface area (Å²) in [6.45, 7) is 0.384. The van der Waals surface area contributed by atoms with Gasteiger partial charge in [0.1, 0.15) is 18.2 Å². The summed E-state index contributed by atoms with van der Waals surface area (Å²) in [5, 5.41) is 30.1. The largest absolute Gasteiger partial charge is 0.449 e. The number of carbonyl (C=O) groups excluding carboxylic acids is 1. The highest BCUT2D eigenvalue weighted by molar-refractivity contribution is 5.79. The fraction of sp³-hybridized carbons (Fsp3) is 0.240. The number of aliphatic hydroxyl groups excluding tert-OH is 2. The van der Waals surface area contributed by atoms with Gasteiger partial charge in [0.15, 0.2) is 0 Å². The van der Waals surface area contributed by atoms with Gasteiger partial charge < -0.3 is 20.3 Å². The Morgan fingerprint density at radius 1 is 1.06 bits per heavy atom. The molecule has 1 amide bonds. The van der Waals surface area contributed by atoms with Crippen LogP contribution in [0.15, 0.2) is 67.0 Å². The van der Waals surface area contributed by atoms with Crippen LogP contribution in [-0.4, -0.2) is 50.7 Å². The van der Waals surface area contributed by atoms with E-state index in [-0.39, 0.29) is 25.5 Å². The van der Waals surface area contributed by atoms with Crippen LogP contribution in [0.1, 0.15) is 35.1 Å². The lowest BCUT2D eigenvalue weighted by Crippen LogP contribution is -2.30. The zero-order valence-corrected chi connectivity index (χ0v) is 17.8. The molecule has 0 spiro atoms. The van der Waals surface area contributed by atoms with E-state index in [4.69, 9.17) is 4.74 Å². The second-order valence-electron chi connectivity index (χ2n) is 8.12. The van der Waals surface area contributed by atoms with Crippen LogP contribution in [0.4, 0.5) is 4.79 Å². The summed E-state index contributed by atoms with van der Waals surface area (Å²) in [5.41, 5.74) is 6.46. The smallest absolute Gasteiger partial charge is 0.407 e. The van der Waals surface area contributed by atoms with Gasteiger partial charge in [-0.3, -0.25) is 10.1 Å². The summed E-state index contributed by atoms with van der Waals surface area (Å²) in [7, 11) is 0. The first kappa shape index (κ1) is 21.1. The summed E-state index contributed by atoms with van der Waals surface area (Å²) < 4.78 is 5.49. The molecule has 5 rings (SSSR count). The summed E-state index contributed by atoms with van der Waals surface area (Å²) in [6, 6.07) is 18.0. The van der Waals surface area contributed by atoms with Crippen molar-refractivity contribution >= 4 is 17.1 Å². The van der Waals surface area contributed by atoms with Gasteiger partial charge in [0, 0.05) is 24.2 Å². The molecule has 0 saturated heterocycles. The van der Waals surface area contributed by atoms with Crippen molar-refractivity contribution in [1.29, 1.82) is 0 Å². The SMILES string of the molecule is O=C(NCCC(O)C(O)c1cnc2cn[nH]c2c1)OCC1c2ccccc2-c2ccccc21. The first-order valence-electron chi connectivity index (χ1n) is 10.9. The highest BCUT2D eigenvalue weighted by atomic mass is 16.5. The maximum absolute atomic E-state index is 12.3. The van der Waals surface area contributed by atoms with Gasteiger partial charge in [-0.1, -0.05) is 48.5 Å². The lowest BCUT2D eigenvalue weighted by Gasteiger charge is -2.18. The molecule has 33 heavy (non-hydrogen) atoms. The molecule has 2 unspecified atom stereocenters.